The molecule has 3 fully saturated rings. The van der Waals surface area contributed by atoms with Crippen LogP contribution in [0.3, 0.4) is 0 Å². The fourth-order valence-electron chi connectivity index (χ4n) is 6.85. The molecule has 1 heteroatoms. The molecule has 18 heavy (non-hydrogen) atoms. The van der Waals surface area contributed by atoms with Crippen molar-refractivity contribution in [3.05, 3.63) is 0 Å². The van der Waals surface area contributed by atoms with Crippen molar-refractivity contribution in [2.75, 3.05) is 6.54 Å². The van der Waals surface area contributed by atoms with Crippen molar-refractivity contribution in [3.63, 3.8) is 0 Å². The first-order chi connectivity index (χ1) is 8.61. The Labute approximate surface area is 113 Å². The molecular weight excluding hydrogens is 218 g/mol. The average Bonchev–Trinajstić information content (AvgIpc) is 2.38. The number of hydrogen-bond acceptors (Lipinski definition) is 1. The molecule has 0 spiro atoms. The highest BCUT2D eigenvalue weighted by molar-refractivity contribution is 5.20. The van der Waals surface area contributed by atoms with Crippen LogP contribution in [0.4, 0.5) is 0 Å². The molecule has 0 heterocycles. The molecule has 3 saturated carbocycles. The maximum absolute atomic E-state index is 6.35. The molecule has 0 aromatic carbocycles. The Hall–Kier alpha value is -0.0400. The van der Waals surface area contributed by atoms with Gasteiger partial charge in [0.2, 0.25) is 0 Å². The highest BCUT2D eigenvalue weighted by Gasteiger charge is 2.71. The van der Waals surface area contributed by atoms with Crippen molar-refractivity contribution >= 4 is 0 Å². The van der Waals surface area contributed by atoms with Crippen LogP contribution < -0.4 is 5.73 Å². The summed E-state index contributed by atoms with van der Waals surface area (Å²) < 4.78 is 0. The Morgan fingerprint density at radius 1 is 1.17 bits per heavy atom. The second kappa shape index (κ2) is 4.23. The van der Waals surface area contributed by atoms with Crippen LogP contribution in [0.5, 0.6) is 0 Å². The van der Waals surface area contributed by atoms with Gasteiger partial charge in [0.15, 0.2) is 0 Å². The van der Waals surface area contributed by atoms with Crippen LogP contribution >= 0.6 is 0 Å². The zero-order valence-electron chi connectivity index (χ0n) is 12.5. The van der Waals surface area contributed by atoms with Gasteiger partial charge in [-0.15, -0.1) is 0 Å². The van der Waals surface area contributed by atoms with Gasteiger partial charge in [-0.05, 0) is 60.3 Å². The number of fused-ring (bicyclic) bond motifs is 4. The lowest BCUT2D eigenvalue weighted by molar-refractivity contribution is -0.276. The van der Waals surface area contributed by atoms with E-state index >= 15 is 0 Å². The molecule has 6 atom stereocenters. The summed E-state index contributed by atoms with van der Waals surface area (Å²) in [5, 5.41) is 0. The molecule has 104 valence electrons. The summed E-state index contributed by atoms with van der Waals surface area (Å²) in [6, 6.07) is 0. The van der Waals surface area contributed by atoms with Crippen molar-refractivity contribution in [2.24, 2.45) is 40.2 Å². The van der Waals surface area contributed by atoms with Gasteiger partial charge in [0, 0.05) is 0 Å². The van der Waals surface area contributed by atoms with Crippen molar-refractivity contribution in [1.29, 1.82) is 0 Å². The molecule has 3 rings (SSSR count). The summed E-state index contributed by atoms with van der Waals surface area (Å²) in [4.78, 5) is 0. The van der Waals surface area contributed by atoms with Crippen molar-refractivity contribution in [2.45, 2.75) is 65.7 Å². The van der Waals surface area contributed by atoms with Gasteiger partial charge in [0.05, 0.1) is 0 Å². The van der Waals surface area contributed by atoms with Gasteiger partial charge < -0.3 is 5.73 Å². The van der Waals surface area contributed by atoms with Gasteiger partial charge in [-0.1, -0.05) is 46.5 Å². The van der Waals surface area contributed by atoms with E-state index in [2.05, 4.69) is 20.8 Å². The third-order valence-corrected chi connectivity index (χ3v) is 7.58. The first kappa shape index (κ1) is 13.0. The zero-order valence-corrected chi connectivity index (χ0v) is 12.5. The standard InChI is InChI=1S/C17H31N/c1-4-13-8-6-10-17(11-18)15-12(2)7-5-9-14(15)16(13,17)3/h12-15H,4-11,18H2,1-3H3. The Bertz CT molecular complexity index is 326. The normalized spacial score (nSPS) is 55.3. The predicted molar refractivity (Wildman–Crippen MR) is 77.2 cm³/mol. The smallest absolute Gasteiger partial charge is 0.00122 e. The van der Waals surface area contributed by atoms with Crippen molar-refractivity contribution < 1.29 is 0 Å². The van der Waals surface area contributed by atoms with Gasteiger partial charge in [-0.2, -0.15) is 0 Å². The van der Waals surface area contributed by atoms with Crippen LogP contribution in [0.2, 0.25) is 0 Å². The Balaban J connectivity index is 1.99. The fraction of sp³-hybridized carbons (Fsp3) is 1.00. The monoisotopic (exact) mass is 249 g/mol. The largest absolute Gasteiger partial charge is 0.330 e. The van der Waals surface area contributed by atoms with E-state index in [1.54, 1.807) is 0 Å². The average molecular weight is 249 g/mol. The Morgan fingerprint density at radius 3 is 2.61 bits per heavy atom. The molecule has 6 unspecified atom stereocenters. The number of rotatable bonds is 2. The predicted octanol–water partition coefficient (Wildman–Crippen LogP) is 4.21. The van der Waals surface area contributed by atoms with Crippen LogP contribution in [-0.2, 0) is 0 Å². The minimum Gasteiger partial charge on any atom is -0.330 e. The molecular formula is C17H31N. The quantitative estimate of drug-likeness (QED) is 0.779. The van der Waals surface area contributed by atoms with Gasteiger partial charge in [-0.3, -0.25) is 0 Å². The molecule has 0 radical (unpaired) electrons. The molecule has 3 aliphatic carbocycles. The lowest BCUT2D eigenvalue weighted by Crippen LogP contribution is -2.73. The van der Waals surface area contributed by atoms with Crippen LogP contribution in [0.25, 0.3) is 0 Å². The van der Waals surface area contributed by atoms with Gasteiger partial charge in [0.25, 0.3) is 0 Å². The first-order valence-corrected chi connectivity index (χ1v) is 8.32. The lowest BCUT2D eigenvalue weighted by Gasteiger charge is -2.76. The van der Waals surface area contributed by atoms with E-state index in [0.29, 0.717) is 10.8 Å². The van der Waals surface area contributed by atoms with E-state index in [1.165, 1.54) is 44.9 Å². The van der Waals surface area contributed by atoms with E-state index in [9.17, 15) is 0 Å². The molecule has 0 saturated heterocycles. The third kappa shape index (κ3) is 1.27. The second-order valence-electron chi connectivity index (χ2n) is 7.68. The summed E-state index contributed by atoms with van der Waals surface area (Å²) in [5.41, 5.74) is 7.44. The zero-order chi connectivity index (χ0) is 13.0. The van der Waals surface area contributed by atoms with Crippen LogP contribution in [0.1, 0.15) is 65.7 Å². The maximum Gasteiger partial charge on any atom is -0.00122 e. The number of hydrogen-bond donors (Lipinski definition) is 1. The second-order valence-corrected chi connectivity index (χ2v) is 7.68. The van der Waals surface area contributed by atoms with Crippen molar-refractivity contribution in [3.8, 4) is 0 Å². The number of nitrogens with two attached hydrogens (primary N) is 1. The van der Waals surface area contributed by atoms with E-state index < -0.39 is 0 Å². The summed E-state index contributed by atoms with van der Waals surface area (Å²) in [6.45, 7) is 8.48. The SMILES string of the molecule is CCC1CCCC2(CN)C3C(C)CCCC3C12C. The van der Waals surface area contributed by atoms with Gasteiger partial charge >= 0.3 is 0 Å². The molecule has 0 aliphatic heterocycles. The molecule has 1 nitrogen and oxygen atoms in total. The third-order valence-electron chi connectivity index (χ3n) is 7.58. The van der Waals surface area contributed by atoms with Gasteiger partial charge in [-0.25, -0.2) is 0 Å². The van der Waals surface area contributed by atoms with Crippen molar-refractivity contribution in [1.82, 2.24) is 0 Å². The first-order valence-electron chi connectivity index (χ1n) is 8.32. The van der Waals surface area contributed by atoms with E-state index in [1.807, 2.05) is 0 Å². The Kier molecular flexibility index (Phi) is 3.05. The molecule has 3 aliphatic rings. The van der Waals surface area contributed by atoms with E-state index in [-0.39, 0.29) is 0 Å². The minimum absolute atomic E-state index is 0.510. The lowest BCUT2D eigenvalue weighted by atomic mass is 9.29. The molecule has 0 bridgehead atoms. The summed E-state index contributed by atoms with van der Waals surface area (Å²) in [6.07, 6.45) is 10.1. The summed E-state index contributed by atoms with van der Waals surface area (Å²) in [5.74, 6) is 3.82. The summed E-state index contributed by atoms with van der Waals surface area (Å²) >= 11 is 0. The highest BCUT2D eigenvalue weighted by Crippen LogP contribution is 2.76. The molecule has 0 aromatic heterocycles. The van der Waals surface area contributed by atoms with E-state index in [0.717, 1.165) is 30.2 Å². The van der Waals surface area contributed by atoms with E-state index in [4.69, 9.17) is 5.73 Å². The van der Waals surface area contributed by atoms with Crippen LogP contribution in [-0.4, -0.2) is 6.54 Å². The molecule has 0 aromatic rings. The van der Waals surface area contributed by atoms with Crippen LogP contribution in [0.15, 0.2) is 0 Å². The minimum atomic E-state index is 0.510. The molecule has 2 N–H and O–H groups in total. The summed E-state index contributed by atoms with van der Waals surface area (Å²) in [7, 11) is 0. The highest BCUT2D eigenvalue weighted by atomic mass is 14.8. The maximum atomic E-state index is 6.35. The van der Waals surface area contributed by atoms with Gasteiger partial charge in [0.1, 0.15) is 0 Å². The topological polar surface area (TPSA) is 26.0 Å². The Morgan fingerprint density at radius 2 is 1.94 bits per heavy atom. The van der Waals surface area contributed by atoms with Crippen LogP contribution in [0, 0.1) is 34.5 Å². The fourth-order valence-corrected chi connectivity index (χ4v) is 6.85. The molecule has 0 amide bonds.